The number of rotatable bonds is 8. The van der Waals surface area contributed by atoms with Crippen LogP contribution in [0.5, 0.6) is 0 Å². The monoisotopic (exact) mass is 287 g/mol. The number of aliphatic hydroxyl groups is 1. The molecule has 1 aromatic rings. The van der Waals surface area contributed by atoms with E-state index < -0.39 is 0 Å². The average molecular weight is 287 g/mol. The standard InChI is InChI=1S/C18H25NO2/c20-12-4-7-16(13-5-2-1-3-6-13)19-18(21)17(14-8-9-14)15-10-11-15/h1-3,5-6,14-17,20H,4,7-12H2,(H,19,21). The van der Waals surface area contributed by atoms with Gasteiger partial charge >= 0.3 is 0 Å². The zero-order valence-corrected chi connectivity index (χ0v) is 12.5. The van der Waals surface area contributed by atoms with E-state index in [0.29, 0.717) is 11.8 Å². The van der Waals surface area contributed by atoms with Crippen LogP contribution in [-0.4, -0.2) is 17.6 Å². The van der Waals surface area contributed by atoms with Gasteiger partial charge in [-0.1, -0.05) is 30.3 Å². The van der Waals surface area contributed by atoms with Gasteiger partial charge in [-0.2, -0.15) is 0 Å². The largest absolute Gasteiger partial charge is 0.396 e. The minimum Gasteiger partial charge on any atom is -0.396 e. The molecule has 1 unspecified atom stereocenters. The normalized spacial score (nSPS) is 19.5. The first-order valence-electron chi connectivity index (χ1n) is 8.25. The number of hydrogen-bond acceptors (Lipinski definition) is 2. The summed E-state index contributed by atoms with van der Waals surface area (Å²) in [5, 5.41) is 12.3. The molecule has 2 fully saturated rings. The van der Waals surface area contributed by atoms with Crippen molar-refractivity contribution in [2.24, 2.45) is 17.8 Å². The maximum Gasteiger partial charge on any atom is 0.224 e. The summed E-state index contributed by atoms with van der Waals surface area (Å²) in [6.45, 7) is 0.174. The van der Waals surface area contributed by atoms with E-state index in [0.717, 1.165) is 18.4 Å². The Kier molecular flexibility index (Phi) is 4.59. The van der Waals surface area contributed by atoms with Gasteiger partial charge in [0.15, 0.2) is 0 Å². The van der Waals surface area contributed by atoms with E-state index in [4.69, 9.17) is 5.11 Å². The number of amides is 1. The Hall–Kier alpha value is -1.35. The lowest BCUT2D eigenvalue weighted by Crippen LogP contribution is -2.36. The van der Waals surface area contributed by atoms with Crippen LogP contribution in [0, 0.1) is 17.8 Å². The highest BCUT2D eigenvalue weighted by Gasteiger charge is 2.45. The lowest BCUT2D eigenvalue weighted by Gasteiger charge is -2.23. The van der Waals surface area contributed by atoms with Crippen molar-refractivity contribution in [3.63, 3.8) is 0 Å². The molecule has 21 heavy (non-hydrogen) atoms. The summed E-state index contributed by atoms with van der Waals surface area (Å²) in [6.07, 6.45) is 6.41. The van der Waals surface area contributed by atoms with Gasteiger partial charge in [-0.25, -0.2) is 0 Å². The molecule has 1 amide bonds. The van der Waals surface area contributed by atoms with Crippen LogP contribution >= 0.6 is 0 Å². The van der Waals surface area contributed by atoms with Gasteiger partial charge in [0.2, 0.25) is 5.91 Å². The first-order chi connectivity index (χ1) is 10.3. The van der Waals surface area contributed by atoms with Crippen molar-refractivity contribution >= 4 is 5.91 Å². The van der Waals surface area contributed by atoms with E-state index in [-0.39, 0.29) is 24.5 Å². The third kappa shape index (κ3) is 3.85. The second-order valence-corrected chi connectivity index (χ2v) is 6.54. The molecule has 2 aliphatic rings. The van der Waals surface area contributed by atoms with Gasteiger partial charge in [0.1, 0.15) is 0 Å². The van der Waals surface area contributed by atoms with E-state index in [2.05, 4.69) is 17.4 Å². The van der Waals surface area contributed by atoms with Crippen LogP contribution in [0.2, 0.25) is 0 Å². The molecule has 2 aliphatic carbocycles. The van der Waals surface area contributed by atoms with Crippen LogP contribution in [-0.2, 0) is 4.79 Å². The van der Waals surface area contributed by atoms with Crippen molar-refractivity contribution in [1.82, 2.24) is 5.32 Å². The van der Waals surface area contributed by atoms with Crippen LogP contribution < -0.4 is 5.32 Å². The Bertz CT molecular complexity index is 453. The van der Waals surface area contributed by atoms with Crippen LogP contribution in [0.3, 0.4) is 0 Å². The SMILES string of the molecule is O=C(NC(CCCO)c1ccccc1)C(C1CC1)C1CC1. The first-order valence-corrected chi connectivity index (χ1v) is 8.25. The number of nitrogens with one attached hydrogen (secondary N) is 1. The van der Waals surface area contributed by atoms with Crippen molar-refractivity contribution in [3.05, 3.63) is 35.9 Å². The van der Waals surface area contributed by atoms with Crippen molar-refractivity contribution in [3.8, 4) is 0 Å². The molecule has 1 aromatic carbocycles. The molecule has 1 atom stereocenters. The number of benzene rings is 1. The number of carbonyl (C=O) groups is 1. The smallest absolute Gasteiger partial charge is 0.224 e. The van der Waals surface area contributed by atoms with Gasteiger partial charge in [-0.05, 0) is 55.9 Å². The number of carbonyl (C=O) groups excluding carboxylic acids is 1. The fraction of sp³-hybridized carbons (Fsp3) is 0.611. The van der Waals surface area contributed by atoms with Gasteiger partial charge in [0.05, 0.1) is 6.04 Å². The predicted molar refractivity (Wildman–Crippen MR) is 82.6 cm³/mol. The van der Waals surface area contributed by atoms with Crippen molar-refractivity contribution in [2.75, 3.05) is 6.61 Å². The maximum atomic E-state index is 12.7. The lowest BCUT2D eigenvalue weighted by atomic mass is 9.95. The summed E-state index contributed by atoms with van der Waals surface area (Å²) in [5.41, 5.74) is 1.14. The molecule has 2 N–H and O–H groups in total. The molecule has 3 heteroatoms. The van der Waals surface area contributed by atoms with E-state index in [1.807, 2.05) is 18.2 Å². The zero-order valence-electron chi connectivity index (χ0n) is 12.5. The van der Waals surface area contributed by atoms with Crippen molar-refractivity contribution in [1.29, 1.82) is 0 Å². The topological polar surface area (TPSA) is 49.3 Å². The molecule has 3 nitrogen and oxygen atoms in total. The van der Waals surface area contributed by atoms with E-state index >= 15 is 0 Å². The minimum absolute atomic E-state index is 0.0332. The molecule has 0 heterocycles. The van der Waals surface area contributed by atoms with Crippen LogP contribution in [0.15, 0.2) is 30.3 Å². The van der Waals surface area contributed by atoms with Crippen LogP contribution in [0.4, 0.5) is 0 Å². The molecule has 2 saturated carbocycles. The van der Waals surface area contributed by atoms with Gasteiger partial charge in [-0.15, -0.1) is 0 Å². The maximum absolute atomic E-state index is 12.7. The van der Waals surface area contributed by atoms with Gasteiger partial charge < -0.3 is 10.4 Å². The Morgan fingerprint density at radius 1 is 1.14 bits per heavy atom. The highest BCUT2D eigenvalue weighted by Crippen LogP contribution is 2.49. The Morgan fingerprint density at radius 3 is 2.29 bits per heavy atom. The molecule has 0 spiro atoms. The molecule has 0 aliphatic heterocycles. The number of aliphatic hydroxyl groups excluding tert-OH is 1. The third-order valence-electron chi connectivity index (χ3n) is 4.73. The van der Waals surface area contributed by atoms with E-state index in [1.165, 1.54) is 25.7 Å². The number of hydrogen-bond donors (Lipinski definition) is 2. The van der Waals surface area contributed by atoms with Gasteiger partial charge in [0, 0.05) is 12.5 Å². The summed E-state index contributed by atoms with van der Waals surface area (Å²) in [4.78, 5) is 12.7. The summed E-state index contributed by atoms with van der Waals surface area (Å²) in [7, 11) is 0. The average Bonchev–Trinajstić information content (AvgIpc) is 3.39. The molecule has 0 radical (unpaired) electrons. The highest BCUT2D eigenvalue weighted by molar-refractivity contribution is 5.80. The van der Waals surface area contributed by atoms with Crippen LogP contribution in [0.1, 0.15) is 50.1 Å². The van der Waals surface area contributed by atoms with Gasteiger partial charge in [0.25, 0.3) is 0 Å². The molecule has 0 bridgehead atoms. The minimum atomic E-state index is 0.0332. The Morgan fingerprint density at radius 2 is 1.76 bits per heavy atom. The third-order valence-corrected chi connectivity index (χ3v) is 4.73. The summed E-state index contributed by atoms with van der Waals surface area (Å²) in [5.74, 6) is 1.75. The fourth-order valence-electron chi connectivity index (χ4n) is 3.29. The van der Waals surface area contributed by atoms with E-state index in [9.17, 15) is 4.79 Å². The van der Waals surface area contributed by atoms with Gasteiger partial charge in [-0.3, -0.25) is 4.79 Å². The fourth-order valence-corrected chi connectivity index (χ4v) is 3.29. The molecule has 0 aromatic heterocycles. The van der Waals surface area contributed by atoms with Crippen molar-refractivity contribution in [2.45, 2.75) is 44.6 Å². The first kappa shape index (κ1) is 14.6. The van der Waals surface area contributed by atoms with E-state index in [1.54, 1.807) is 0 Å². The lowest BCUT2D eigenvalue weighted by molar-refractivity contribution is -0.127. The molecular weight excluding hydrogens is 262 g/mol. The van der Waals surface area contributed by atoms with Crippen molar-refractivity contribution < 1.29 is 9.90 Å². The second kappa shape index (κ2) is 6.61. The molecule has 114 valence electrons. The zero-order chi connectivity index (χ0) is 14.7. The predicted octanol–water partition coefficient (Wildman–Crippen LogP) is 3.05. The quantitative estimate of drug-likeness (QED) is 0.772. The molecular formula is C18H25NO2. The Balaban J connectivity index is 1.66. The highest BCUT2D eigenvalue weighted by atomic mass is 16.3. The molecule has 0 saturated heterocycles. The second-order valence-electron chi connectivity index (χ2n) is 6.54. The summed E-state index contributed by atoms with van der Waals surface area (Å²) < 4.78 is 0. The summed E-state index contributed by atoms with van der Waals surface area (Å²) in [6, 6.07) is 10.2. The molecule has 3 rings (SSSR count). The van der Waals surface area contributed by atoms with Crippen LogP contribution in [0.25, 0.3) is 0 Å². The Labute approximate surface area is 126 Å². The summed E-state index contributed by atoms with van der Waals surface area (Å²) >= 11 is 0.